The second-order valence-electron chi connectivity index (χ2n) is 5.59. The summed E-state index contributed by atoms with van der Waals surface area (Å²) >= 11 is 1.40. The van der Waals surface area contributed by atoms with Crippen LogP contribution < -0.4 is 15.9 Å². The van der Waals surface area contributed by atoms with Gasteiger partial charge in [-0.25, -0.2) is 5.01 Å². The molecule has 2 aromatic rings. The third-order valence-corrected chi connectivity index (χ3v) is 4.57. The van der Waals surface area contributed by atoms with Crippen LogP contribution in [-0.4, -0.2) is 28.5 Å². The third kappa shape index (κ3) is 2.96. The first-order chi connectivity index (χ1) is 12.3. The monoisotopic (exact) mass is 348 g/mol. The van der Waals surface area contributed by atoms with Gasteiger partial charge in [-0.15, -0.1) is 5.10 Å². The first-order valence-electron chi connectivity index (χ1n) is 7.90. The number of hydrogen-bond acceptors (Lipinski definition) is 5. The first kappa shape index (κ1) is 15.7. The molecule has 1 atom stereocenters. The van der Waals surface area contributed by atoms with Gasteiger partial charge in [0.2, 0.25) is 0 Å². The molecular formula is C19H16N4OS. The molecule has 2 aliphatic heterocycles. The van der Waals surface area contributed by atoms with E-state index in [0.29, 0.717) is 10.9 Å². The number of thioether (sulfide) groups is 1. The Labute approximate surface area is 149 Å². The molecule has 5 nitrogen and oxygen atoms in total. The molecule has 124 valence electrons. The predicted molar refractivity (Wildman–Crippen MR) is 101 cm³/mol. The minimum Gasteiger partial charge on any atom is -0.298 e. The van der Waals surface area contributed by atoms with Crippen LogP contribution in [0.4, 0.5) is 0 Å². The molecule has 0 unspecified atom stereocenters. The smallest absolute Gasteiger partial charge is 0.276 e. The maximum absolute atomic E-state index is 12.6. The van der Waals surface area contributed by atoms with E-state index in [1.54, 1.807) is 5.01 Å². The van der Waals surface area contributed by atoms with Gasteiger partial charge in [0.25, 0.3) is 5.91 Å². The van der Waals surface area contributed by atoms with Crippen LogP contribution in [0, 0.1) is 0 Å². The van der Waals surface area contributed by atoms with Gasteiger partial charge in [0.15, 0.2) is 11.3 Å². The highest BCUT2D eigenvalue weighted by Gasteiger charge is 2.31. The molecule has 2 aromatic carbocycles. The van der Waals surface area contributed by atoms with E-state index in [1.165, 1.54) is 11.8 Å². The summed E-state index contributed by atoms with van der Waals surface area (Å²) in [6, 6.07) is 17.7. The van der Waals surface area contributed by atoms with Crippen molar-refractivity contribution in [1.29, 1.82) is 0 Å². The number of benzene rings is 2. The van der Waals surface area contributed by atoms with Crippen molar-refractivity contribution >= 4 is 34.6 Å². The average Bonchev–Trinajstić information content (AvgIpc) is 2.66. The maximum atomic E-state index is 12.6. The third-order valence-electron chi connectivity index (χ3n) is 4.00. The van der Waals surface area contributed by atoms with Crippen molar-refractivity contribution in [2.75, 3.05) is 6.26 Å². The number of hydrazone groups is 1. The summed E-state index contributed by atoms with van der Waals surface area (Å²) < 4.78 is 0. The summed E-state index contributed by atoms with van der Waals surface area (Å²) in [5.41, 5.74) is 1.61. The fraction of sp³-hybridized carbons (Fsp3) is 0.105. The van der Waals surface area contributed by atoms with Gasteiger partial charge in [0, 0.05) is 5.22 Å². The van der Waals surface area contributed by atoms with Crippen molar-refractivity contribution < 1.29 is 4.79 Å². The van der Waals surface area contributed by atoms with E-state index in [-0.39, 0.29) is 12.1 Å². The predicted octanol–water partition coefficient (Wildman–Crippen LogP) is 1.53. The van der Waals surface area contributed by atoms with Crippen molar-refractivity contribution in [1.82, 2.24) is 10.3 Å². The SMILES string of the molecule is CSC1=NN2C(=c3ccccc3=N[C@@H]2/C=C/c2ccccc2)C(=O)N1. The topological polar surface area (TPSA) is 57.1 Å². The molecule has 0 aromatic heterocycles. The van der Waals surface area contributed by atoms with E-state index < -0.39 is 0 Å². The largest absolute Gasteiger partial charge is 0.298 e. The molecule has 2 heterocycles. The minimum absolute atomic E-state index is 0.153. The van der Waals surface area contributed by atoms with Gasteiger partial charge in [0.1, 0.15) is 5.70 Å². The molecule has 2 aliphatic rings. The van der Waals surface area contributed by atoms with Gasteiger partial charge in [-0.2, -0.15) is 0 Å². The molecule has 1 amide bonds. The van der Waals surface area contributed by atoms with Gasteiger partial charge < -0.3 is 0 Å². The van der Waals surface area contributed by atoms with Crippen molar-refractivity contribution in [2.24, 2.45) is 10.1 Å². The summed E-state index contributed by atoms with van der Waals surface area (Å²) in [6.45, 7) is 0. The van der Waals surface area contributed by atoms with Crippen LogP contribution in [0.1, 0.15) is 5.56 Å². The molecule has 0 aliphatic carbocycles. The summed E-state index contributed by atoms with van der Waals surface area (Å²) in [5.74, 6) is -0.153. The zero-order chi connectivity index (χ0) is 17.2. The lowest BCUT2D eigenvalue weighted by atomic mass is 10.1. The lowest BCUT2D eigenvalue weighted by Gasteiger charge is -2.32. The number of amides is 1. The zero-order valence-corrected chi connectivity index (χ0v) is 14.4. The lowest BCUT2D eigenvalue weighted by Crippen LogP contribution is -2.52. The summed E-state index contributed by atoms with van der Waals surface area (Å²) in [7, 11) is 0. The second-order valence-corrected chi connectivity index (χ2v) is 6.38. The fourth-order valence-electron chi connectivity index (χ4n) is 2.83. The summed E-state index contributed by atoms with van der Waals surface area (Å²) in [6.07, 6.45) is 5.48. The van der Waals surface area contributed by atoms with E-state index in [9.17, 15) is 4.79 Å². The van der Waals surface area contributed by atoms with Crippen molar-refractivity contribution in [3.63, 3.8) is 0 Å². The molecule has 0 saturated heterocycles. The highest BCUT2D eigenvalue weighted by Crippen LogP contribution is 2.21. The van der Waals surface area contributed by atoms with Gasteiger partial charge >= 0.3 is 0 Å². The molecule has 0 radical (unpaired) electrons. The molecule has 0 saturated carbocycles. The number of hydrogen-bond donors (Lipinski definition) is 1. The molecule has 0 spiro atoms. The lowest BCUT2D eigenvalue weighted by molar-refractivity contribution is -0.116. The van der Waals surface area contributed by atoms with Gasteiger partial charge in [-0.05, 0) is 24.0 Å². The maximum Gasteiger partial charge on any atom is 0.276 e. The number of carbonyl (C=O) groups excluding carboxylic acids is 1. The van der Waals surface area contributed by atoms with Crippen LogP contribution in [0.5, 0.6) is 0 Å². The Balaban J connectivity index is 1.84. The quantitative estimate of drug-likeness (QED) is 0.896. The Hall–Kier alpha value is -2.86. The van der Waals surface area contributed by atoms with Gasteiger partial charge in [-0.1, -0.05) is 66.4 Å². The molecular weight excluding hydrogens is 332 g/mol. The Kier molecular flexibility index (Phi) is 4.11. The van der Waals surface area contributed by atoms with Crippen LogP contribution in [0.15, 0.2) is 70.8 Å². The Morgan fingerprint density at radius 2 is 1.88 bits per heavy atom. The number of amidine groups is 1. The molecule has 6 heteroatoms. The number of nitrogens with one attached hydrogen (secondary N) is 1. The number of carbonyl (C=O) groups is 1. The van der Waals surface area contributed by atoms with Crippen LogP contribution in [0.25, 0.3) is 11.8 Å². The minimum atomic E-state index is -0.363. The fourth-order valence-corrected chi connectivity index (χ4v) is 3.20. The molecule has 1 N–H and O–H groups in total. The summed E-state index contributed by atoms with van der Waals surface area (Å²) in [5, 5.41) is 11.3. The molecule has 0 fully saturated rings. The van der Waals surface area contributed by atoms with Crippen LogP contribution in [0.2, 0.25) is 0 Å². The first-order valence-corrected chi connectivity index (χ1v) is 9.12. The Bertz CT molecular complexity index is 998. The number of para-hydroxylation sites is 1. The highest BCUT2D eigenvalue weighted by molar-refractivity contribution is 8.13. The van der Waals surface area contributed by atoms with E-state index >= 15 is 0 Å². The normalized spacial score (nSPS) is 19.0. The number of rotatable bonds is 2. The second kappa shape index (κ2) is 6.57. The van der Waals surface area contributed by atoms with Gasteiger partial charge in [-0.3, -0.25) is 15.1 Å². The molecule has 0 bridgehead atoms. The zero-order valence-electron chi connectivity index (χ0n) is 13.6. The standard InChI is InChI=1S/C19H16N4OS/c1-25-19-21-18(24)17-14-9-5-6-10-15(14)20-16(23(17)22-19)12-11-13-7-3-2-4-8-13/h2-12,16H,1H3,(H,21,22,24)/b12-11+/t16-/m0/s1. The molecule has 25 heavy (non-hydrogen) atoms. The average molecular weight is 348 g/mol. The Morgan fingerprint density at radius 1 is 1.12 bits per heavy atom. The number of fused-ring (bicyclic) bond motifs is 2. The van der Waals surface area contributed by atoms with E-state index in [4.69, 9.17) is 4.99 Å². The Morgan fingerprint density at radius 3 is 2.68 bits per heavy atom. The van der Waals surface area contributed by atoms with Crippen LogP contribution in [-0.2, 0) is 4.79 Å². The van der Waals surface area contributed by atoms with E-state index in [1.807, 2.05) is 73.0 Å². The number of nitrogens with zero attached hydrogens (tertiary/aromatic N) is 3. The molecule has 4 rings (SSSR count). The van der Waals surface area contributed by atoms with E-state index in [2.05, 4.69) is 10.4 Å². The van der Waals surface area contributed by atoms with Crippen LogP contribution in [0.3, 0.4) is 0 Å². The van der Waals surface area contributed by atoms with Crippen LogP contribution >= 0.6 is 11.8 Å². The van der Waals surface area contributed by atoms with Gasteiger partial charge in [0.05, 0.1) is 5.36 Å². The van der Waals surface area contributed by atoms with E-state index in [0.717, 1.165) is 16.1 Å². The summed E-state index contributed by atoms with van der Waals surface area (Å²) in [4.78, 5) is 17.4. The van der Waals surface area contributed by atoms with Crippen molar-refractivity contribution in [3.05, 3.63) is 76.8 Å². The highest BCUT2D eigenvalue weighted by atomic mass is 32.2. The van der Waals surface area contributed by atoms with Crippen molar-refractivity contribution in [2.45, 2.75) is 6.17 Å². The van der Waals surface area contributed by atoms with Crippen molar-refractivity contribution in [3.8, 4) is 0 Å².